The van der Waals surface area contributed by atoms with Gasteiger partial charge < -0.3 is 9.64 Å². The predicted molar refractivity (Wildman–Crippen MR) is 166 cm³/mol. The Morgan fingerprint density at radius 2 is 1.50 bits per heavy atom. The Hall–Kier alpha value is -4.20. The van der Waals surface area contributed by atoms with Gasteiger partial charge in [0.05, 0.1) is 4.91 Å². The largest absolute Gasteiger partial charge is 0.446 e. The second kappa shape index (κ2) is 10.4. The minimum absolute atomic E-state index is 0.100. The van der Waals surface area contributed by atoms with E-state index < -0.39 is 0 Å². The Morgan fingerprint density at radius 3 is 2.25 bits per heavy atom. The second-order valence-corrected chi connectivity index (χ2v) is 11.8. The first-order valence-electron chi connectivity index (χ1n) is 12.9. The van der Waals surface area contributed by atoms with Crippen LogP contribution in [-0.2, 0) is 19.7 Å². The van der Waals surface area contributed by atoms with Gasteiger partial charge in [-0.25, -0.2) is 0 Å². The summed E-state index contributed by atoms with van der Waals surface area (Å²) >= 11 is 6.49. The highest BCUT2D eigenvalue weighted by Gasteiger charge is 2.36. The highest BCUT2D eigenvalue weighted by atomic mass is 32.2. The van der Waals surface area contributed by atoms with E-state index in [1.54, 1.807) is 0 Å². The van der Waals surface area contributed by atoms with Crippen molar-refractivity contribution < 1.29 is 14.3 Å². The van der Waals surface area contributed by atoms with Gasteiger partial charge in [0.2, 0.25) is 0 Å². The zero-order valence-corrected chi connectivity index (χ0v) is 23.7. The first-order chi connectivity index (χ1) is 19.4. The number of para-hydroxylation sites is 1. The highest BCUT2D eigenvalue weighted by molar-refractivity contribution is 8.26. The van der Waals surface area contributed by atoms with Crippen molar-refractivity contribution in [1.82, 2.24) is 4.90 Å². The van der Waals surface area contributed by atoms with Gasteiger partial charge in [0.25, 0.3) is 12.4 Å². The summed E-state index contributed by atoms with van der Waals surface area (Å²) in [5.41, 5.74) is 9.15. The van der Waals surface area contributed by atoms with Crippen molar-refractivity contribution in [3.05, 3.63) is 119 Å². The molecule has 4 aromatic rings. The molecule has 1 saturated heterocycles. The van der Waals surface area contributed by atoms with Crippen LogP contribution < -0.4 is 4.90 Å². The number of thioether (sulfide) groups is 1. The highest BCUT2D eigenvalue weighted by Crippen LogP contribution is 2.50. The van der Waals surface area contributed by atoms with Gasteiger partial charge in [-0.15, -0.1) is 0 Å². The molecular weight excluding hydrogens is 537 g/mol. The third kappa shape index (κ3) is 4.51. The van der Waals surface area contributed by atoms with E-state index in [1.807, 2.05) is 36.4 Å². The predicted octanol–water partition coefficient (Wildman–Crippen LogP) is 7.79. The topological polar surface area (TPSA) is 49.9 Å². The van der Waals surface area contributed by atoms with Crippen LogP contribution in [-0.4, -0.2) is 28.3 Å². The van der Waals surface area contributed by atoms with Crippen molar-refractivity contribution >= 4 is 63.8 Å². The SMILES string of the molecule is CC1(C)c2ccccc2-c2ccc(N(c3ccccc3)c3ccc(C=C4SC(=S)N(COC=O)C4=O)cc3)cc21. The summed E-state index contributed by atoms with van der Waals surface area (Å²) in [5, 5.41) is 0. The summed E-state index contributed by atoms with van der Waals surface area (Å²) in [5.74, 6) is -0.270. The molecule has 0 saturated carbocycles. The van der Waals surface area contributed by atoms with Gasteiger partial charge in [0.15, 0.2) is 11.1 Å². The number of thiocarbonyl (C=S) groups is 1. The van der Waals surface area contributed by atoms with E-state index in [4.69, 9.17) is 17.0 Å². The van der Waals surface area contributed by atoms with Gasteiger partial charge in [-0.3, -0.25) is 14.5 Å². The molecule has 198 valence electrons. The molecule has 7 heteroatoms. The molecule has 1 aliphatic carbocycles. The molecular formula is C33H26N2O3S2. The van der Waals surface area contributed by atoms with E-state index in [0.717, 1.165) is 22.6 Å². The number of anilines is 3. The van der Waals surface area contributed by atoms with Crippen molar-refractivity contribution in [1.29, 1.82) is 0 Å². The van der Waals surface area contributed by atoms with E-state index in [0.29, 0.717) is 15.7 Å². The van der Waals surface area contributed by atoms with Crippen molar-refractivity contribution in [3.63, 3.8) is 0 Å². The van der Waals surface area contributed by atoms with E-state index in [1.165, 1.54) is 38.9 Å². The Balaban J connectivity index is 1.36. The lowest BCUT2D eigenvalue weighted by Crippen LogP contribution is -2.30. The lowest BCUT2D eigenvalue weighted by atomic mass is 9.82. The van der Waals surface area contributed by atoms with Crippen LogP contribution in [0.1, 0.15) is 30.5 Å². The maximum atomic E-state index is 12.7. The summed E-state index contributed by atoms with van der Waals surface area (Å²) in [6, 6.07) is 33.8. The number of nitrogens with zero attached hydrogens (tertiary/aromatic N) is 2. The van der Waals surface area contributed by atoms with Crippen LogP contribution >= 0.6 is 24.0 Å². The lowest BCUT2D eigenvalue weighted by molar-refractivity contribution is -0.135. The normalized spacial score (nSPS) is 16.1. The number of ether oxygens (including phenoxy) is 1. The molecule has 1 aliphatic heterocycles. The van der Waals surface area contributed by atoms with Crippen molar-refractivity contribution in [3.8, 4) is 11.1 Å². The molecule has 1 fully saturated rings. The minimum atomic E-state index is -0.270. The fourth-order valence-corrected chi connectivity index (χ4v) is 6.67. The Kier molecular flexibility index (Phi) is 6.78. The second-order valence-electron chi connectivity index (χ2n) is 10.2. The van der Waals surface area contributed by atoms with E-state index in [-0.39, 0.29) is 18.1 Å². The molecule has 0 radical (unpaired) electrons. The van der Waals surface area contributed by atoms with Crippen LogP contribution in [0.25, 0.3) is 17.2 Å². The molecule has 6 rings (SSSR count). The fourth-order valence-electron chi connectivity index (χ4n) is 5.44. The number of amides is 1. The number of rotatable bonds is 7. The van der Waals surface area contributed by atoms with Crippen LogP contribution in [0.2, 0.25) is 0 Å². The molecule has 1 heterocycles. The molecule has 0 unspecified atom stereocenters. The molecule has 2 aliphatic rings. The average molecular weight is 563 g/mol. The fraction of sp³-hybridized carbons (Fsp3) is 0.121. The first kappa shape index (κ1) is 26.0. The van der Waals surface area contributed by atoms with Crippen LogP contribution in [0.4, 0.5) is 17.1 Å². The Bertz CT molecular complexity index is 1660. The van der Waals surface area contributed by atoms with Crippen LogP contribution in [0, 0.1) is 0 Å². The Labute approximate surface area is 243 Å². The third-order valence-electron chi connectivity index (χ3n) is 7.43. The number of carbonyl (C=O) groups excluding carboxylic acids is 2. The summed E-state index contributed by atoms with van der Waals surface area (Å²) < 4.78 is 5.10. The molecule has 0 atom stereocenters. The third-order valence-corrected chi connectivity index (χ3v) is 8.81. The molecule has 4 aromatic carbocycles. The van der Waals surface area contributed by atoms with Gasteiger partial charge in [-0.2, -0.15) is 0 Å². The molecule has 0 N–H and O–H groups in total. The number of fused-ring (bicyclic) bond motifs is 3. The number of benzene rings is 4. The maximum absolute atomic E-state index is 12.7. The average Bonchev–Trinajstić information content (AvgIpc) is 3.37. The summed E-state index contributed by atoms with van der Waals surface area (Å²) in [4.78, 5) is 27.3. The smallest absolute Gasteiger partial charge is 0.294 e. The van der Waals surface area contributed by atoms with Crippen molar-refractivity contribution in [2.75, 3.05) is 11.6 Å². The summed E-state index contributed by atoms with van der Waals surface area (Å²) in [6.45, 7) is 4.70. The minimum Gasteiger partial charge on any atom is -0.446 e. The van der Waals surface area contributed by atoms with E-state index in [2.05, 4.69) is 85.5 Å². The zero-order chi connectivity index (χ0) is 27.9. The molecule has 0 aromatic heterocycles. The molecule has 40 heavy (non-hydrogen) atoms. The standard InChI is InChI=1S/C33H26N2O3S2/c1-33(2)28-11-7-6-10-26(28)27-17-16-25(19-29(27)33)35(23-8-4-3-5-9-23)24-14-12-22(13-15-24)18-30-31(37)34(20-38-21-36)32(39)40-30/h3-19,21H,20H2,1-2H3. The molecule has 1 amide bonds. The Morgan fingerprint density at radius 1 is 0.850 bits per heavy atom. The van der Waals surface area contributed by atoms with Gasteiger partial charge >= 0.3 is 0 Å². The van der Waals surface area contributed by atoms with Crippen LogP contribution in [0.15, 0.2) is 102 Å². The molecule has 5 nitrogen and oxygen atoms in total. The number of hydrogen-bond donors (Lipinski definition) is 0. The van der Waals surface area contributed by atoms with Gasteiger partial charge in [-0.05, 0) is 70.3 Å². The molecule has 0 bridgehead atoms. The number of hydrogen-bond acceptors (Lipinski definition) is 6. The quantitative estimate of drug-likeness (QED) is 0.130. The zero-order valence-electron chi connectivity index (χ0n) is 22.0. The maximum Gasteiger partial charge on any atom is 0.294 e. The van der Waals surface area contributed by atoms with Gasteiger partial charge in [-0.1, -0.05) is 98.5 Å². The van der Waals surface area contributed by atoms with E-state index in [9.17, 15) is 9.59 Å². The van der Waals surface area contributed by atoms with Crippen molar-refractivity contribution in [2.45, 2.75) is 19.3 Å². The summed E-state index contributed by atoms with van der Waals surface area (Å²) in [7, 11) is 0. The summed E-state index contributed by atoms with van der Waals surface area (Å²) in [6.07, 6.45) is 1.81. The molecule has 0 spiro atoms. The first-order valence-corrected chi connectivity index (χ1v) is 14.1. The van der Waals surface area contributed by atoms with E-state index >= 15 is 0 Å². The van der Waals surface area contributed by atoms with Crippen LogP contribution in [0.5, 0.6) is 0 Å². The van der Waals surface area contributed by atoms with Crippen molar-refractivity contribution in [2.24, 2.45) is 0 Å². The van der Waals surface area contributed by atoms with Gasteiger partial charge in [0, 0.05) is 22.5 Å². The number of carbonyl (C=O) groups is 2. The lowest BCUT2D eigenvalue weighted by Gasteiger charge is -2.28. The van der Waals surface area contributed by atoms with Gasteiger partial charge in [0.1, 0.15) is 0 Å². The van der Waals surface area contributed by atoms with Crippen LogP contribution in [0.3, 0.4) is 0 Å². The monoisotopic (exact) mass is 562 g/mol.